The predicted octanol–water partition coefficient (Wildman–Crippen LogP) is 1.32. The number of nitrogens with two attached hydrogens (primary N) is 1. The largest absolute Gasteiger partial charge is 0.388 e. The van der Waals surface area contributed by atoms with Gasteiger partial charge >= 0.3 is 0 Å². The predicted molar refractivity (Wildman–Crippen MR) is 68.5 cm³/mol. The van der Waals surface area contributed by atoms with Crippen LogP contribution in [0.3, 0.4) is 0 Å². The first kappa shape index (κ1) is 14.5. The number of carbonyl (C=O) groups excluding carboxylic acids is 1. The summed E-state index contributed by atoms with van der Waals surface area (Å²) in [7, 11) is 0. The highest BCUT2D eigenvalue weighted by molar-refractivity contribution is 5.75. The third-order valence-electron chi connectivity index (χ3n) is 3.48. The zero-order chi connectivity index (χ0) is 12.7. The van der Waals surface area contributed by atoms with Crippen LogP contribution in [-0.4, -0.2) is 29.2 Å². The van der Waals surface area contributed by atoms with E-state index in [1.807, 2.05) is 6.92 Å². The third-order valence-corrected chi connectivity index (χ3v) is 3.48. The molecule has 0 aromatic carbocycles. The van der Waals surface area contributed by atoms with Gasteiger partial charge in [-0.2, -0.15) is 0 Å². The van der Waals surface area contributed by atoms with Crippen molar-refractivity contribution in [2.24, 2.45) is 5.73 Å². The molecule has 1 aliphatic carbocycles. The van der Waals surface area contributed by atoms with Crippen molar-refractivity contribution >= 4 is 5.91 Å². The first-order chi connectivity index (χ1) is 8.02. The van der Waals surface area contributed by atoms with E-state index in [9.17, 15) is 9.90 Å². The van der Waals surface area contributed by atoms with Gasteiger partial charge in [-0.25, -0.2) is 0 Å². The maximum atomic E-state index is 11.5. The monoisotopic (exact) mass is 242 g/mol. The van der Waals surface area contributed by atoms with Gasteiger partial charge < -0.3 is 16.2 Å². The molecule has 0 aromatic rings. The van der Waals surface area contributed by atoms with Crippen LogP contribution in [0.2, 0.25) is 0 Å². The van der Waals surface area contributed by atoms with E-state index in [2.05, 4.69) is 5.32 Å². The van der Waals surface area contributed by atoms with Crippen LogP contribution in [0.4, 0.5) is 0 Å². The molecule has 0 aliphatic heterocycles. The number of hydrogen-bond acceptors (Lipinski definition) is 3. The van der Waals surface area contributed by atoms with E-state index in [0.29, 0.717) is 19.4 Å². The van der Waals surface area contributed by atoms with Gasteiger partial charge in [0.25, 0.3) is 0 Å². The summed E-state index contributed by atoms with van der Waals surface area (Å²) in [5.41, 5.74) is 4.92. The Morgan fingerprint density at radius 3 is 2.47 bits per heavy atom. The van der Waals surface area contributed by atoms with Crippen LogP contribution in [0.15, 0.2) is 0 Å². The lowest BCUT2D eigenvalue weighted by molar-refractivity contribution is -0.122. The molecule has 4 heteroatoms. The molecule has 4 N–H and O–H groups in total. The van der Waals surface area contributed by atoms with Crippen LogP contribution in [-0.2, 0) is 4.79 Å². The Hall–Kier alpha value is -0.610. The summed E-state index contributed by atoms with van der Waals surface area (Å²) in [6.45, 7) is 2.29. The summed E-state index contributed by atoms with van der Waals surface area (Å²) in [6.07, 6.45) is 7.28. The minimum atomic E-state index is -0.680. The molecule has 100 valence electrons. The lowest BCUT2D eigenvalue weighted by Gasteiger charge is -2.26. The molecule has 1 rings (SSSR count). The summed E-state index contributed by atoms with van der Waals surface area (Å²) in [6, 6.07) is 0.0571. The van der Waals surface area contributed by atoms with Crippen LogP contribution < -0.4 is 11.1 Å². The Balaban J connectivity index is 2.25. The van der Waals surface area contributed by atoms with Crippen molar-refractivity contribution in [3.8, 4) is 0 Å². The quantitative estimate of drug-likeness (QED) is 0.636. The highest BCUT2D eigenvalue weighted by atomic mass is 16.3. The van der Waals surface area contributed by atoms with Crippen LogP contribution in [0.5, 0.6) is 0 Å². The molecule has 1 saturated carbocycles. The van der Waals surface area contributed by atoms with Crippen molar-refractivity contribution < 1.29 is 9.90 Å². The van der Waals surface area contributed by atoms with Crippen molar-refractivity contribution in [1.82, 2.24) is 5.32 Å². The molecular formula is C13H26N2O2. The van der Waals surface area contributed by atoms with Crippen molar-refractivity contribution in [2.45, 2.75) is 69.9 Å². The Kier molecular flexibility index (Phi) is 5.92. The van der Waals surface area contributed by atoms with Gasteiger partial charge in [-0.3, -0.25) is 4.79 Å². The summed E-state index contributed by atoms with van der Waals surface area (Å²) in [5, 5.41) is 13.2. The molecule has 0 saturated heterocycles. The molecular weight excluding hydrogens is 216 g/mol. The van der Waals surface area contributed by atoms with E-state index in [1.54, 1.807) is 0 Å². The lowest BCUT2D eigenvalue weighted by Crippen LogP contribution is -2.42. The Morgan fingerprint density at radius 2 is 1.94 bits per heavy atom. The number of aliphatic hydroxyl groups is 1. The second-order valence-electron chi connectivity index (χ2n) is 5.43. The van der Waals surface area contributed by atoms with Crippen molar-refractivity contribution in [2.75, 3.05) is 6.54 Å². The zero-order valence-corrected chi connectivity index (χ0v) is 10.9. The second-order valence-corrected chi connectivity index (χ2v) is 5.43. The Bertz CT molecular complexity index is 234. The van der Waals surface area contributed by atoms with Gasteiger partial charge in [-0.05, 0) is 26.2 Å². The summed E-state index contributed by atoms with van der Waals surface area (Å²) in [5.74, 6) is -0.0000260. The van der Waals surface area contributed by atoms with Gasteiger partial charge in [-0.15, -0.1) is 0 Å². The first-order valence-corrected chi connectivity index (χ1v) is 6.76. The number of amides is 1. The van der Waals surface area contributed by atoms with Crippen molar-refractivity contribution in [3.63, 3.8) is 0 Å². The normalized spacial score (nSPS) is 21.6. The zero-order valence-electron chi connectivity index (χ0n) is 10.9. The average Bonchev–Trinajstić information content (AvgIpc) is 2.49. The number of rotatable bonds is 5. The van der Waals surface area contributed by atoms with E-state index in [0.717, 1.165) is 25.7 Å². The van der Waals surface area contributed by atoms with Crippen LogP contribution in [0.25, 0.3) is 0 Å². The number of nitrogens with one attached hydrogen (secondary N) is 1. The molecule has 0 aromatic heterocycles. The molecule has 17 heavy (non-hydrogen) atoms. The highest BCUT2D eigenvalue weighted by Gasteiger charge is 2.28. The SMILES string of the molecule is CC(N)CCC(=O)NCC1(O)CCCCCC1. The minimum Gasteiger partial charge on any atom is -0.388 e. The molecule has 1 aliphatic rings. The molecule has 1 amide bonds. The van der Waals surface area contributed by atoms with E-state index in [-0.39, 0.29) is 11.9 Å². The maximum Gasteiger partial charge on any atom is 0.220 e. The van der Waals surface area contributed by atoms with Gasteiger partial charge in [0.2, 0.25) is 5.91 Å². The van der Waals surface area contributed by atoms with E-state index in [1.165, 1.54) is 12.8 Å². The smallest absolute Gasteiger partial charge is 0.220 e. The first-order valence-electron chi connectivity index (χ1n) is 6.76. The molecule has 1 atom stereocenters. The Morgan fingerprint density at radius 1 is 1.35 bits per heavy atom. The van der Waals surface area contributed by atoms with E-state index < -0.39 is 5.60 Å². The van der Waals surface area contributed by atoms with Gasteiger partial charge in [0.1, 0.15) is 0 Å². The summed E-state index contributed by atoms with van der Waals surface area (Å²) in [4.78, 5) is 11.5. The third kappa shape index (κ3) is 6.03. The van der Waals surface area contributed by atoms with Crippen molar-refractivity contribution in [1.29, 1.82) is 0 Å². The number of hydrogen-bond donors (Lipinski definition) is 3. The summed E-state index contributed by atoms with van der Waals surface area (Å²) >= 11 is 0. The topological polar surface area (TPSA) is 75.4 Å². The average molecular weight is 242 g/mol. The standard InChI is InChI=1S/C13H26N2O2/c1-11(14)6-7-12(16)15-10-13(17)8-4-2-3-5-9-13/h11,17H,2-10,14H2,1H3,(H,15,16). The minimum absolute atomic E-state index is 0.0000260. The fraction of sp³-hybridized carbons (Fsp3) is 0.923. The molecule has 1 unspecified atom stereocenters. The van der Waals surface area contributed by atoms with E-state index in [4.69, 9.17) is 5.73 Å². The maximum absolute atomic E-state index is 11.5. The van der Waals surface area contributed by atoms with Crippen LogP contribution >= 0.6 is 0 Å². The molecule has 1 fully saturated rings. The van der Waals surface area contributed by atoms with Gasteiger partial charge in [0.15, 0.2) is 0 Å². The molecule has 4 nitrogen and oxygen atoms in total. The lowest BCUT2D eigenvalue weighted by atomic mass is 9.94. The second kappa shape index (κ2) is 6.97. The van der Waals surface area contributed by atoms with Crippen molar-refractivity contribution in [3.05, 3.63) is 0 Å². The van der Waals surface area contributed by atoms with Gasteiger partial charge in [0, 0.05) is 19.0 Å². The molecule has 0 spiro atoms. The van der Waals surface area contributed by atoms with E-state index >= 15 is 0 Å². The molecule has 0 bridgehead atoms. The van der Waals surface area contributed by atoms with Gasteiger partial charge in [0.05, 0.1) is 5.60 Å². The highest BCUT2D eigenvalue weighted by Crippen LogP contribution is 2.26. The van der Waals surface area contributed by atoms with Gasteiger partial charge in [-0.1, -0.05) is 25.7 Å². The van der Waals surface area contributed by atoms with Crippen LogP contribution in [0.1, 0.15) is 58.3 Å². The fourth-order valence-corrected chi connectivity index (χ4v) is 2.27. The Labute approximate surface area is 104 Å². The molecule has 0 heterocycles. The molecule has 0 radical (unpaired) electrons. The van der Waals surface area contributed by atoms with Crippen LogP contribution in [0, 0.1) is 0 Å². The fourth-order valence-electron chi connectivity index (χ4n) is 2.27. The number of carbonyl (C=O) groups is 1. The summed E-state index contributed by atoms with van der Waals surface area (Å²) < 4.78 is 0.